The minimum absolute atomic E-state index is 0.715. The molecule has 1 aromatic heterocycles. The number of anilines is 1. The van der Waals surface area contributed by atoms with Crippen LogP contribution in [-0.4, -0.2) is 37.1 Å². The van der Waals surface area contributed by atoms with Crippen LogP contribution in [0.1, 0.15) is 6.42 Å². The van der Waals surface area contributed by atoms with Gasteiger partial charge in [-0.1, -0.05) is 23.8 Å². The first kappa shape index (κ1) is 15.1. The molecular weight excluding hydrogens is 294 g/mol. The van der Waals surface area contributed by atoms with E-state index in [2.05, 4.69) is 41.4 Å². The number of rotatable bonds is 5. The zero-order chi connectivity index (χ0) is 15.5. The number of nitrogens with one attached hydrogen (secondary N) is 1. The number of halogens is 1. The van der Waals surface area contributed by atoms with Gasteiger partial charge >= 0.3 is 0 Å². The predicted molar refractivity (Wildman–Crippen MR) is 94.6 cm³/mol. The van der Waals surface area contributed by atoms with Crippen molar-refractivity contribution in [2.75, 3.05) is 32.5 Å². The predicted octanol–water partition coefficient (Wildman–Crippen LogP) is 4.12. The molecule has 0 aliphatic heterocycles. The van der Waals surface area contributed by atoms with Crippen molar-refractivity contribution in [2.45, 2.75) is 6.42 Å². The van der Waals surface area contributed by atoms with Gasteiger partial charge in [0.2, 0.25) is 0 Å². The molecule has 0 spiro atoms. The summed E-state index contributed by atoms with van der Waals surface area (Å²) < 4.78 is 0. The highest BCUT2D eigenvalue weighted by atomic mass is 35.5. The Morgan fingerprint density at radius 3 is 2.95 bits per heavy atom. The average molecular weight is 314 g/mol. The fraction of sp³-hybridized carbons (Fsp3) is 0.278. The van der Waals surface area contributed by atoms with E-state index in [1.54, 1.807) is 0 Å². The first-order valence-corrected chi connectivity index (χ1v) is 7.81. The first-order valence-electron chi connectivity index (χ1n) is 7.44. The number of aromatic nitrogens is 1. The summed E-state index contributed by atoms with van der Waals surface area (Å²) in [6.07, 6.45) is 7.34. The number of benzene rings is 1. The Balaban J connectivity index is 1.81. The van der Waals surface area contributed by atoms with Gasteiger partial charge in [-0.2, -0.15) is 0 Å². The maximum absolute atomic E-state index is 6.04. The third-order valence-corrected chi connectivity index (χ3v) is 4.05. The van der Waals surface area contributed by atoms with E-state index >= 15 is 0 Å². The SMILES string of the molecule is CN(C)CC1=C(CNc2ccnc3cc(Cl)ccc23)C=CC1. The summed E-state index contributed by atoms with van der Waals surface area (Å²) in [5.74, 6) is 0. The number of pyridine rings is 1. The molecular formula is C18H20ClN3. The Bertz CT molecular complexity index is 747. The largest absolute Gasteiger partial charge is 0.380 e. The van der Waals surface area contributed by atoms with E-state index in [9.17, 15) is 0 Å². The second-order valence-electron chi connectivity index (χ2n) is 5.85. The summed E-state index contributed by atoms with van der Waals surface area (Å²) in [6.45, 7) is 1.85. The third-order valence-electron chi connectivity index (χ3n) is 3.82. The second-order valence-corrected chi connectivity index (χ2v) is 6.28. The Labute approximate surface area is 136 Å². The summed E-state index contributed by atoms with van der Waals surface area (Å²) in [7, 11) is 4.22. The second kappa shape index (κ2) is 6.51. The zero-order valence-electron chi connectivity index (χ0n) is 12.9. The van der Waals surface area contributed by atoms with E-state index in [4.69, 9.17) is 11.6 Å². The minimum Gasteiger partial charge on any atom is -0.380 e. The van der Waals surface area contributed by atoms with Crippen molar-refractivity contribution < 1.29 is 0 Å². The van der Waals surface area contributed by atoms with Gasteiger partial charge in [0.05, 0.1) is 5.52 Å². The van der Waals surface area contributed by atoms with Crippen LogP contribution in [0.2, 0.25) is 5.02 Å². The van der Waals surface area contributed by atoms with E-state index < -0.39 is 0 Å². The van der Waals surface area contributed by atoms with Crippen molar-refractivity contribution >= 4 is 28.2 Å². The molecule has 0 unspecified atom stereocenters. The van der Waals surface area contributed by atoms with Gasteiger partial charge in [-0.15, -0.1) is 0 Å². The monoisotopic (exact) mass is 313 g/mol. The van der Waals surface area contributed by atoms with Crippen LogP contribution < -0.4 is 5.32 Å². The standard InChI is InChI=1S/C18H20ClN3/c1-22(2)12-14-5-3-4-13(14)11-21-17-8-9-20-18-10-15(19)6-7-16(17)18/h3-4,6-10H,5,11-12H2,1-2H3,(H,20,21). The molecule has 0 saturated heterocycles. The van der Waals surface area contributed by atoms with Crippen molar-refractivity contribution in [1.82, 2.24) is 9.88 Å². The van der Waals surface area contributed by atoms with E-state index in [1.807, 2.05) is 30.5 Å². The van der Waals surface area contributed by atoms with Gasteiger partial charge < -0.3 is 10.2 Å². The lowest BCUT2D eigenvalue weighted by atomic mass is 10.1. The van der Waals surface area contributed by atoms with Crippen LogP contribution >= 0.6 is 11.6 Å². The molecule has 22 heavy (non-hydrogen) atoms. The highest BCUT2D eigenvalue weighted by Gasteiger charge is 2.10. The summed E-state index contributed by atoms with van der Waals surface area (Å²) in [5, 5.41) is 5.36. The highest BCUT2D eigenvalue weighted by Crippen LogP contribution is 2.26. The van der Waals surface area contributed by atoms with Crippen LogP contribution in [0.5, 0.6) is 0 Å². The summed E-state index contributed by atoms with van der Waals surface area (Å²) in [6, 6.07) is 7.84. The lowest BCUT2D eigenvalue weighted by Gasteiger charge is -2.15. The highest BCUT2D eigenvalue weighted by molar-refractivity contribution is 6.31. The molecule has 1 heterocycles. The third kappa shape index (κ3) is 3.32. The molecule has 114 valence electrons. The minimum atomic E-state index is 0.715. The first-order chi connectivity index (χ1) is 10.6. The van der Waals surface area contributed by atoms with E-state index in [1.165, 1.54) is 11.1 Å². The van der Waals surface area contributed by atoms with Gasteiger partial charge in [0.15, 0.2) is 0 Å². The Kier molecular flexibility index (Phi) is 4.46. The molecule has 0 amide bonds. The Morgan fingerprint density at radius 2 is 2.14 bits per heavy atom. The fourth-order valence-corrected chi connectivity index (χ4v) is 2.96. The van der Waals surface area contributed by atoms with Crippen molar-refractivity contribution in [3.05, 3.63) is 58.8 Å². The lowest BCUT2D eigenvalue weighted by molar-refractivity contribution is 0.442. The van der Waals surface area contributed by atoms with E-state index in [0.717, 1.165) is 36.1 Å². The number of hydrogen-bond donors (Lipinski definition) is 1. The molecule has 0 radical (unpaired) electrons. The van der Waals surface area contributed by atoms with Gasteiger partial charge in [0.25, 0.3) is 0 Å². The summed E-state index contributed by atoms with van der Waals surface area (Å²) in [4.78, 5) is 6.59. The smallest absolute Gasteiger partial charge is 0.0737 e. The molecule has 0 atom stereocenters. The van der Waals surface area contributed by atoms with Gasteiger partial charge in [-0.05, 0) is 55.9 Å². The average Bonchev–Trinajstić information content (AvgIpc) is 2.91. The Hall–Kier alpha value is -1.84. The van der Waals surface area contributed by atoms with Crippen molar-refractivity contribution in [3.63, 3.8) is 0 Å². The molecule has 1 aliphatic rings. The number of likely N-dealkylation sites (N-methyl/N-ethyl adjacent to an activating group) is 1. The normalized spacial score (nSPS) is 14.4. The van der Waals surface area contributed by atoms with Crippen LogP contribution in [-0.2, 0) is 0 Å². The van der Waals surface area contributed by atoms with Gasteiger partial charge in [-0.3, -0.25) is 4.98 Å². The van der Waals surface area contributed by atoms with Crippen molar-refractivity contribution in [2.24, 2.45) is 0 Å². The lowest BCUT2D eigenvalue weighted by Crippen LogP contribution is -2.16. The molecule has 4 heteroatoms. The molecule has 2 aromatic rings. The number of nitrogens with zero attached hydrogens (tertiary/aromatic N) is 2. The molecule has 3 rings (SSSR count). The van der Waals surface area contributed by atoms with Crippen LogP contribution in [0.25, 0.3) is 10.9 Å². The molecule has 0 fully saturated rings. The number of fused-ring (bicyclic) bond motifs is 1. The molecule has 0 saturated carbocycles. The van der Waals surface area contributed by atoms with Gasteiger partial charge in [0, 0.05) is 35.4 Å². The molecule has 1 aromatic carbocycles. The molecule has 1 aliphatic carbocycles. The van der Waals surface area contributed by atoms with Gasteiger partial charge in [0.1, 0.15) is 0 Å². The fourth-order valence-electron chi connectivity index (χ4n) is 2.79. The topological polar surface area (TPSA) is 28.2 Å². The summed E-state index contributed by atoms with van der Waals surface area (Å²) >= 11 is 6.04. The molecule has 1 N–H and O–H groups in total. The van der Waals surface area contributed by atoms with E-state index in [-0.39, 0.29) is 0 Å². The quantitative estimate of drug-likeness (QED) is 0.900. The van der Waals surface area contributed by atoms with Crippen LogP contribution in [0.15, 0.2) is 53.8 Å². The van der Waals surface area contributed by atoms with Crippen molar-refractivity contribution in [1.29, 1.82) is 0 Å². The van der Waals surface area contributed by atoms with Gasteiger partial charge in [-0.25, -0.2) is 0 Å². The number of allylic oxidation sites excluding steroid dienone is 1. The molecule has 0 bridgehead atoms. The summed E-state index contributed by atoms with van der Waals surface area (Å²) in [5.41, 5.74) is 4.88. The van der Waals surface area contributed by atoms with Crippen LogP contribution in [0.3, 0.4) is 0 Å². The van der Waals surface area contributed by atoms with E-state index in [0.29, 0.717) is 5.02 Å². The van der Waals surface area contributed by atoms with Crippen molar-refractivity contribution in [3.8, 4) is 0 Å². The van der Waals surface area contributed by atoms with Crippen LogP contribution in [0.4, 0.5) is 5.69 Å². The maximum Gasteiger partial charge on any atom is 0.0737 e. The van der Waals surface area contributed by atoms with Crippen LogP contribution in [0, 0.1) is 0 Å². The number of hydrogen-bond acceptors (Lipinski definition) is 3. The Morgan fingerprint density at radius 1 is 1.27 bits per heavy atom. The maximum atomic E-state index is 6.04. The zero-order valence-corrected chi connectivity index (χ0v) is 13.7. The molecule has 3 nitrogen and oxygen atoms in total.